The third-order valence-electron chi connectivity index (χ3n) is 2.39. The molecule has 17 heavy (non-hydrogen) atoms. The highest BCUT2D eigenvalue weighted by molar-refractivity contribution is 7.99. The Morgan fingerprint density at radius 2 is 2.35 bits per heavy atom. The molecule has 1 rings (SSSR count). The molecule has 1 amide bonds. The molecule has 0 saturated carbocycles. The van der Waals surface area contributed by atoms with E-state index in [0.717, 1.165) is 17.7 Å². The minimum Gasteiger partial charge on any atom is -0.396 e. The molecule has 0 radical (unpaired) electrons. The smallest absolute Gasteiger partial charge is 0.265 e. The maximum atomic E-state index is 11.3. The number of nitrogens with two attached hydrogens (primary N) is 1. The standard InChI is InChI=1S/C12H18N2O2S/c1-9(5-6-15)17-8-10-3-2-4-11(7-10)12(16)14-13/h2-4,7,9,15H,5-6,8,13H2,1H3,(H,14,16). The summed E-state index contributed by atoms with van der Waals surface area (Å²) in [6.45, 7) is 2.29. The molecule has 1 atom stereocenters. The Hall–Kier alpha value is -1.04. The molecule has 0 aliphatic rings. The van der Waals surface area contributed by atoms with Gasteiger partial charge in [-0.25, -0.2) is 5.84 Å². The zero-order valence-electron chi connectivity index (χ0n) is 9.85. The van der Waals surface area contributed by atoms with Gasteiger partial charge in [0.05, 0.1) is 0 Å². The van der Waals surface area contributed by atoms with Gasteiger partial charge in [-0.1, -0.05) is 19.1 Å². The summed E-state index contributed by atoms with van der Waals surface area (Å²) in [5, 5.41) is 9.21. The number of rotatable bonds is 6. The molecule has 0 heterocycles. The van der Waals surface area contributed by atoms with Gasteiger partial charge in [0.2, 0.25) is 0 Å². The predicted molar refractivity (Wildman–Crippen MR) is 70.6 cm³/mol. The molecule has 0 aliphatic carbocycles. The number of thioether (sulfide) groups is 1. The van der Waals surface area contributed by atoms with Crippen LogP contribution >= 0.6 is 11.8 Å². The fourth-order valence-electron chi connectivity index (χ4n) is 1.39. The van der Waals surface area contributed by atoms with Crippen LogP contribution in [0.1, 0.15) is 29.3 Å². The summed E-state index contributed by atoms with van der Waals surface area (Å²) >= 11 is 1.76. The van der Waals surface area contributed by atoms with Gasteiger partial charge in [-0.15, -0.1) is 0 Å². The number of amides is 1. The van der Waals surface area contributed by atoms with Crippen molar-refractivity contribution in [3.05, 3.63) is 35.4 Å². The summed E-state index contributed by atoms with van der Waals surface area (Å²) < 4.78 is 0. The Bertz CT molecular complexity index is 371. The number of aliphatic hydroxyl groups excluding tert-OH is 1. The van der Waals surface area contributed by atoms with E-state index < -0.39 is 0 Å². The van der Waals surface area contributed by atoms with Gasteiger partial charge in [-0.2, -0.15) is 11.8 Å². The van der Waals surface area contributed by atoms with E-state index in [2.05, 4.69) is 12.3 Å². The SMILES string of the molecule is CC(CCO)SCc1cccc(C(=O)NN)c1. The Kier molecular flexibility index (Phi) is 6.04. The molecule has 0 spiro atoms. The molecule has 0 saturated heterocycles. The predicted octanol–water partition coefficient (Wildman–Crippen LogP) is 1.29. The molecule has 4 nitrogen and oxygen atoms in total. The average Bonchev–Trinajstić information content (AvgIpc) is 2.36. The topological polar surface area (TPSA) is 75.3 Å². The molecular formula is C12H18N2O2S. The summed E-state index contributed by atoms with van der Waals surface area (Å²) in [6.07, 6.45) is 0.785. The second-order valence-corrected chi connectivity index (χ2v) is 5.23. The van der Waals surface area contributed by atoms with Crippen molar-refractivity contribution in [1.29, 1.82) is 0 Å². The van der Waals surface area contributed by atoms with Crippen LogP contribution in [0.15, 0.2) is 24.3 Å². The van der Waals surface area contributed by atoms with E-state index in [0.29, 0.717) is 10.8 Å². The van der Waals surface area contributed by atoms with E-state index in [1.165, 1.54) is 0 Å². The number of benzene rings is 1. The van der Waals surface area contributed by atoms with Crippen LogP contribution in [0, 0.1) is 0 Å². The van der Waals surface area contributed by atoms with Crippen LogP contribution in [0.25, 0.3) is 0 Å². The van der Waals surface area contributed by atoms with E-state index in [1.807, 2.05) is 18.2 Å². The lowest BCUT2D eigenvalue weighted by atomic mass is 10.1. The summed E-state index contributed by atoms with van der Waals surface area (Å²) in [6, 6.07) is 7.39. The molecule has 0 fully saturated rings. The Balaban J connectivity index is 2.57. The summed E-state index contributed by atoms with van der Waals surface area (Å²) in [7, 11) is 0. The quantitative estimate of drug-likeness (QED) is 0.406. The molecule has 1 aromatic carbocycles. The lowest BCUT2D eigenvalue weighted by Crippen LogP contribution is -2.29. The average molecular weight is 254 g/mol. The van der Waals surface area contributed by atoms with Crippen LogP contribution in [0.3, 0.4) is 0 Å². The van der Waals surface area contributed by atoms with Gasteiger partial charge in [0.25, 0.3) is 5.91 Å². The monoisotopic (exact) mass is 254 g/mol. The van der Waals surface area contributed by atoms with Crippen molar-refractivity contribution in [2.75, 3.05) is 6.61 Å². The fourth-order valence-corrected chi connectivity index (χ4v) is 2.32. The van der Waals surface area contributed by atoms with Crippen molar-refractivity contribution >= 4 is 17.7 Å². The summed E-state index contributed by atoms with van der Waals surface area (Å²) in [4.78, 5) is 11.3. The van der Waals surface area contributed by atoms with Crippen LogP contribution in [0.5, 0.6) is 0 Å². The maximum Gasteiger partial charge on any atom is 0.265 e. The van der Waals surface area contributed by atoms with E-state index in [-0.39, 0.29) is 12.5 Å². The van der Waals surface area contributed by atoms with Crippen LogP contribution in [-0.2, 0) is 5.75 Å². The van der Waals surface area contributed by atoms with Crippen molar-refractivity contribution in [2.24, 2.45) is 5.84 Å². The third-order valence-corrected chi connectivity index (χ3v) is 3.70. The van der Waals surface area contributed by atoms with Crippen molar-refractivity contribution in [3.8, 4) is 0 Å². The van der Waals surface area contributed by atoms with Crippen molar-refractivity contribution < 1.29 is 9.90 Å². The fraction of sp³-hybridized carbons (Fsp3) is 0.417. The minimum absolute atomic E-state index is 0.212. The maximum absolute atomic E-state index is 11.3. The molecule has 4 N–H and O–H groups in total. The third kappa shape index (κ3) is 4.77. The van der Waals surface area contributed by atoms with Crippen LogP contribution in [0.4, 0.5) is 0 Å². The molecule has 1 unspecified atom stereocenters. The molecule has 1 aromatic rings. The minimum atomic E-state index is -0.278. The number of carbonyl (C=O) groups is 1. The first-order valence-electron chi connectivity index (χ1n) is 5.49. The van der Waals surface area contributed by atoms with E-state index >= 15 is 0 Å². The van der Waals surface area contributed by atoms with Gasteiger partial charge >= 0.3 is 0 Å². The van der Waals surface area contributed by atoms with Crippen molar-refractivity contribution in [2.45, 2.75) is 24.3 Å². The van der Waals surface area contributed by atoms with Gasteiger partial charge in [0, 0.05) is 23.2 Å². The van der Waals surface area contributed by atoms with Gasteiger partial charge in [-0.05, 0) is 24.1 Å². The van der Waals surface area contributed by atoms with Gasteiger partial charge in [0.15, 0.2) is 0 Å². The lowest BCUT2D eigenvalue weighted by molar-refractivity contribution is 0.0953. The zero-order chi connectivity index (χ0) is 12.7. The van der Waals surface area contributed by atoms with Gasteiger partial charge in [-0.3, -0.25) is 10.2 Å². The molecule has 94 valence electrons. The molecule has 0 aromatic heterocycles. The number of hydrazine groups is 1. The lowest BCUT2D eigenvalue weighted by Gasteiger charge is -2.09. The molecule has 0 aliphatic heterocycles. The highest BCUT2D eigenvalue weighted by atomic mass is 32.2. The number of nitrogen functional groups attached to an aromatic ring is 1. The number of hydrogen-bond donors (Lipinski definition) is 3. The first-order valence-corrected chi connectivity index (χ1v) is 6.54. The summed E-state index contributed by atoms with van der Waals surface area (Å²) in [5.74, 6) is 5.63. The number of aliphatic hydroxyl groups is 1. The van der Waals surface area contributed by atoms with Crippen molar-refractivity contribution in [1.82, 2.24) is 5.43 Å². The van der Waals surface area contributed by atoms with E-state index in [9.17, 15) is 4.79 Å². The number of carbonyl (C=O) groups excluding carboxylic acids is 1. The highest BCUT2D eigenvalue weighted by Crippen LogP contribution is 2.20. The molecule has 0 bridgehead atoms. The van der Waals surface area contributed by atoms with Crippen LogP contribution < -0.4 is 11.3 Å². The Morgan fingerprint density at radius 1 is 1.59 bits per heavy atom. The van der Waals surface area contributed by atoms with Gasteiger partial charge < -0.3 is 5.11 Å². The van der Waals surface area contributed by atoms with Gasteiger partial charge in [0.1, 0.15) is 0 Å². The van der Waals surface area contributed by atoms with Crippen LogP contribution in [0.2, 0.25) is 0 Å². The molecule has 5 heteroatoms. The normalized spacial score (nSPS) is 12.2. The first-order chi connectivity index (χ1) is 8.17. The van der Waals surface area contributed by atoms with E-state index in [1.54, 1.807) is 17.8 Å². The number of nitrogens with one attached hydrogen (secondary N) is 1. The first kappa shape index (κ1) is 14.0. The van der Waals surface area contributed by atoms with E-state index in [4.69, 9.17) is 10.9 Å². The summed E-state index contributed by atoms with van der Waals surface area (Å²) in [5.41, 5.74) is 3.77. The second-order valence-electron chi connectivity index (χ2n) is 3.81. The van der Waals surface area contributed by atoms with Crippen LogP contribution in [-0.4, -0.2) is 22.9 Å². The largest absolute Gasteiger partial charge is 0.396 e. The second kappa shape index (κ2) is 7.32. The van der Waals surface area contributed by atoms with Crippen molar-refractivity contribution in [3.63, 3.8) is 0 Å². The number of hydrogen-bond acceptors (Lipinski definition) is 4. The highest BCUT2D eigenvalue weighted by Gasteiger charge is 2.06. The Labute approximate surface area is 106 Å². The zero-order valence-corrected chi connectivity index (χ0v) is 10.7. The molecular weight excluding hydrogens is 236 g/mol. The Morgan fingerprint density at radius 3 is 3.00 bits per heavy atom.